The van der Waals surface area contributed by atoms with Gasteiger partial charge in [-0.05, 0) is 56.8 Å². The molecule has 0 aliphatic carbocycles. The average Bonchev–Trinajstić information content (AvgIpc) is 2.83. The van der Waals surface area contributed by atoms with Crippen LogP contribution >= 0.6 is 0 Å². The number of rotatable bonds is 6. The first-order valence-electron chi connectivity index (χ1n) is 9.60. The Morgan fingerprint density at radius 2 is 2.24 bits per heavy atom. The zero-order valence-electron chi connectivity index (χ0n) is 16.3. The van der Waals surface area contributed by atoms with Gasteiger partial charge in [-0.2, -0.15) is 0 Å². The van der Waals surface area contributed by atoms with E-state index in [9.17, 15) is 0 Å². The van der Waals surface area contributed by atoms with Gasteiger partial charge in [0.15, 0.2) is 0 Å². The first-order valence-corrected chi connectivity index (χ1v) is 9.60. The lowest BCUT2D eigenvalue weighted by molar-refractivity contribution is 0.143. The van der Waals surface area contributed by atoms with Crippen molar-refractivity contribution in [2.45, 2.75) is 51.2 Å². The van der Waals surface area contributed by atoms with Crippen LogP contribution < -0.4 is 11.1 Å². The number of piperazine rings is 1. The Morgan fingerprint density at radius 3 is 2.88 bits per heavy atom. The number of nitrogens with two attached hydrogens (primary N) is 1. The van der Waals surface area contributed by atoms with E-state index in [1.807, 2.05) is 0 Å². The van der Waals surface area contributed by atoms with Crippen molar-refractivity contribution in [1.82, 2.24) is 15.1 Å². The standard InChI is InChI=1S/C21H34N4/c1-5-20(24(3)4)19-12-16(6-7-17(19)9-11-22)13-25-14-18-8-10-21(2,15-25)23-18/h5-7,12,18,23H,8-11,13-15,22H2,1-4H3. The minimum absolute atomic E-state index is 0.309. The van der Waals surface area contributed by atoms with Gasteiger partial charge in [-0.1, -0.05) is 18.2 Å². The summed E-state index contributed by atoms with van der Waals surface area (Å²) in [6, 6.07) is 7.63. The van der Waals surface area contributed by atoms with Crippen molar-refractivity contribution in [3.05, 3.63) is 41.0 Å². The monoisotopic (exact) mass is 342 g/mol. The number of fused-ring (bicyclic) bond motifs is 2. The number of likely N-dealkylation sites (tertiary alicyclic amines) is 1. The lowest BCUT2D eigenvalue weighted by Gasteiger charge is -2.39. The molecule has 0 aromatic heterocycles. The molecule has 2 bridgehead atoms. The third-order valence-corrected chi connectivity index (χ3v) is 5.67. The van der Waals surface area contributed by atoms with E-state index in [4.69, 9.17) is 5.73 Å². The SMILES string of the molecule is CC=C(c1cc(CN2CC3CCC(C)(C2)N3)ccc1CCN)N(C)C. The molecule has 1 aromatic carbocycles. The minimum Gasteiger partial charge on any atom is -0.377 e. The molecule has 2 unspecified atom stereocenters. The van der Waals surface area contributed by atoms with Crippen molar-refractivity contribution >= 4 is 5.70 Å². The van der Waals surface area contributed by atoms with E-state index >= 15 is 0 Å². The molecule has 2 aliphatic heterocycles. The van der Waals surface area contributed by atoms with E-state index in [1.165, 1.54) is 41.8 Å². The summed E-state index contributed by atoms with van der Waals surface area (Å²) >= 11 is 0. The van der Waals surface area contributed by atoms with Crippen LogP contribution in [0.3, 0.4) is 0 Å². The van der Waals surface area contributed by atoms with Crippen LogP contribution in [0, 0.1) is 0 Å². The maximum atomic E-state index is 5.84. The first-order chi connectivity index (χ1) is 11.9. The first kappa shape index (κ1) is 18.4. The van der Waals surface area contributed by atoms with E-state index in [0.29, 0.717) is 18.1 Å². The Bertz CT molecular complexity index is 637. The van der Waals surface area contributed by atoms with Gasteiger partial charge in [0.05, 0.1) is 0 Å². The molecule has 4 nitrogen and oxygen atoms in total. The summed E-state index contributed by atoms with van der Waals surface area (Å²) in [6.07, 6.45) is 5.75. The number of nitrogens with zero attached hydrogens (tertiary/aromatic N) is 2. The number of benzene rings is 1. The summed E-state index contributed by atoms with van der Waals surface area (Å²) in [6.45, 7) is 8.53. The van der Waals surface area contributed by atoms with E-state index in [-0.39, 0.29) is 0 Å². The van der Waals surface area contributed by atoms with Gasteiger partial charge in [-0.3, -0.25) is 4.90 Å². The molecule has 3 rings (SSSR count). The number of hydrogen-bond donors (Lipinski definition) is 2. The highest BCUT2D eigenvalue weighted by molar-refractivity contribution is 5.67. The Labute approximate surface area is 153 Å². The second kappa shape index (κ2) is 7.48. The van der Waals surface area contributed by atoms with Gasteiger partial charge in [-0.15, -0.1) is 0 Å². The summed E-state index contributed by atoms with van der Waals surface area (Å²) in [4.78, 5) is 4.83. The summed E-state index contributed by atoms with van der Waals surface area (Å²) < 4.78 is 0. The molecule has 2 atom stereocenters. The van der Waals surface area contributed by atoms with E-state index in [2.05, 4.69) is 67.3 Å². The van der Waals surface area contributed by atoms with Gasteiger partial charge in [0, 0.05) is 56.6 Å². The maximum absolute atomic E-state index is 5.84. The second-order valence-corrected chi connectivity index (χ2v) is 8.21. The predicted octanol–water partition coefficient (Wildman–Crippen LogP) is 2.44. The largest absolute Gasteiger partial charge is 0.377 e. The fourth-order valence-electron chi connectivity index (χ4n) is 4.63. The van der Waals surface area contributed by atoms with Crippen molar-refractivity contribution in [2.75, 3.05) is 33.7 Å². The Morgan fingerprint density at radius 1 is 1.44 bits per heavy atom. The molecule has 0 spiro atoms. The fraction of sp³-hybridized carbons (Fsp3) is 0.619. The average molecular weight is 343 g/mol. The third-order valence-electron chi connectivity index (χ3n) is 5.67. The molecule has 25 heavy (non-hydrogen) atoms. The molecule has 0 amide bonds. The van der Waals surface area contributed by atoms with E-state index in [0.717, 1.165) is 19.5 Å². The molecule has 138 valence electrons. The Balaban J connectivity index is 1.82. The summed E-state index contributed by atoms with van der Waals surface area (Å²) in [5.41, 5.74) is 11.5. The van der Waals surface area contributed by atoms with Crippen molar-refractivity contribution in [3.63, 3.8) is 0 Å². The number of nitrogens with one attached hydrogen (secondary N) is 1. The van der Waals surface area contributed by atoms with Crippen LogP contribution in [0.5, 0.6) is 0 Å². The van der Waals surface area contributed by atoms with Gasteiger partial charge in [0.1, 0.15) is 0 Å². The van der Waals surface area contributed by atoms with Crippen LogP contribution in [0.2, 0.25) is 0 Å². The van der Waals surface area contributed by atoms with Crippen molar-refractivity contribution < 1.29 is 0 Å². The summed E-state index contributed by atoms with van der Waals surface area (Å²) in [5, 5.41) is 3.79. The van der Waals surface area contributed by atoms with Gasteiger partial charge in [0.25, 0.3) is 0 Å². The van der Waals surface area contributed by atoms with Crippen molar-refractivity contribution in [2.24, 2.45) is 5.73 Å². The molecule has 4 heteroatoms. The number of hydrogen-bond acceptors (Lipinski definition) is 4. The third kappa shape index (κ3) is 4.08. The molecule has 2 aliphatic rings. The van der Waals surface area contributed by atoms with Crippen molar-refractivity contribution in [3.8, 4) is 0 Å². The van der Waals surface area contributed by atoms with E-state index in [1.54, 1.807) is 0 Å². The van der Waals surface area contributed by atoms with Crippen LogP contribution in [0.25, 0.3) is 5.70 Å². The van der Waals surface area contributed by atoms with Gasteiger partial charge >= 0.3 is 0 Å². The Kier molecular flexibility index (Phi) is 5.52. The molecule has 2 fully saturated rings. The quantitative estimate of drug-likeness (QED) is 0.833. The smallest absolute Gasteiger partial charge is 0.0394 e. The zero-order chi connectivity index (χ0) is 18.0. The number of allylic oxidation sites excluding steroid dienone is 1. The highest BCUT2D eigenvalue weighted by Crippen LogP contribution is 2.30. The molecular weight excluding hydrogens is 308 g/mol. The highest BCUT2D eigenvalue weighted by atomic mass is 15.3. The van der Waals surface area contributed by atoms with Crippen LogP contribution in [0.15, 0.2) is 24.3 Å². The normalized spacial score (nSPS) is 26.9. The van der Waals surface area contributed by atoms with Crippen LogP contribution in [0.1, 0.15) is 43.4 Å². The van der Waals surface area contributed by atoms with Gasteiger partial charge in [0.2, 0.25) is 0 Å². The maximum Gasteiger partial charge on any atom is 0.0394 e. The molecule has 3 N–H and O–H groups in total. The molecular formula is C21H34N4. The lowest BCUT2D eigenvalue weighted by atomic mass is 9.96. The minimum atomic E-state index is 0.309. The highest BCUT2D eigenvalue weighted by Gasteiger charge is 2.40. The fourth-order valence-corrected chi connectivity index (χ4v) is 4.63. The van der Waals surface area contributed by atoms with Gasteiger partial charge < -0.3 is 16.0 Å². The second-order valence-electron chi connectivity index (χ2n) is 8.21. The van der Waals surface area contributed by atoms with Crippen LogP contribution in [-0.2, 0) is 13.0 Å². The van der Waals surface area contributed by atoms with Crippen molar-refractivity contribution in [1.29, 1.82) is 0 Å². The van der Waals surface area contributed by atoms with E-state index < -0.39 is 0 Å². The van der Waals surface area contributed by atoms with Crippen LogP contribution in [-0.4, -0.2) is 55.1 Å². The zero-order valence-corrected chi connectivity index (χ0v) is 16.3. The predicted molar refractivity (Wildman–Crippen MR) is 106 cm³/mol. The summed E-state index contributed by atoms with van der Waals surface area (Å²) in [5.74, 6) is 0. The van der Waals surface area contributed by atoms with Crippen LogP contribution in [0.4, 0.5) is 0 Å². The van der Waals surface area contributed by atoms with Gasteiger partial charge in [-0.25, -0.2) is 0 Å². The topological polar surface area (TPSA) is 44.5 Å². The molecule has 2 saturated heterocycles. The molecule has 2 heterocycles. The summed E-state index contributed by atoms with van der Waals surface area (Å²) in [7, 11) is 4.23. The Hall–Kier alpha value is -1.36. The molecule has 1 aromatic rings. The molecule has 0 saturated carbocycles. The molecule has 0 radical (unpaired) electrons. The lowest BCUT2D eigenvalue weighted by Crippen LogP contribution is -2.57.